The molecule has 0 heterocycles. The first kappa shape index (κ1) is 14.7. The molecule has 0 spiro atoms. The Morgan fingerprint density at radius 1 is 1.40 bits per heavy atom. The van der Waals surface area contributed by atoms with Crippen LogP contribution in [0.2, 0.25) is 0 Å². The Hall–Kier alpha value is -0.340. The summed E-state index contributed by atoms with van der Waals surface area (Å²) in [6.07, 6.45) is 7.00. The van der Waals surface area contributed by atoms with Gasteiger partial charge in [0.2, 0.25) is 0 Å². The van der Waals surface area contributed by atoms with Crippen LogP contribution in [0.4, 0.5) is 0 Å². The van der Waals surface area contributed by atoms with E-state index in [0.29, 0.717) is 5.92 Å². The summed E-state index contributed by atoms with van der Waals surface area (Å²) in [6.45, 7) is 7.05. The van der Waals surface area contributed by atoms with E-state index in [0.717, 1.165) is 38.6 Å². The summed E-state index contributed by atoms with van der Waals surface area (Å²) in [6, 6.07) is 0. The monoisotopic (exact) mass is 213 g/mol. The number of nitrogens with two attached hydrogens (primary N) is 1. The fourth-order valence-electron chi connectivity index (χ4n) is 1.80. The molecule has 2 atom stereocenters. The van der Waals surface area contributed by atoms with Crippen LogP contribution in [0.15, 0.2) is 11.6 Å². The van der Waals surface area contributed by atoms with E-state index < -0.39 is 0 Å². The molecular weight excluding hydrogens is 186 g/mol. The van der Waals surface area contributed by atoms with Gasteiger partial charge >= 0.3 is 0 Å². The fourth-order valence-corrected chi connectivity index (χ4v) is 1.80. The number of allylic oxidation sites excluding steroid dienone is 2. The lowest BCUT2D eigenvalue weighted by molar-refractivity contribution is 0.0910. The molecule has 0 aliphatic carbocycles. The highest BCUT2D eigenvalue weighted by atomic mass is 16.3. The summed E-state index contributed by atoms with van der Waals surface area (Å²) in [7, 11) is 0. The SMILES string of the molecule is C/C=C(\C)CC[C@@H](O)[C@H](CC)CCCN. The number of aliphatic hydroxyl groups is 1. The number of hydrogen-bond donors (Lipinski definition) is 2. The highest BCUT2D eigenvalue weighted by Crippen LogP contribution is 2.20. The molecule has 2 nitrogen and oxygen atoms in total. The van der Waals surface area contributed by atoms with Gasteiger partial charge in [0.25, 0.3) is 0 Å². The molecule has 0 saturated carbocycles. The topological polar surface area (TPSA) is 46.2 Å². The van der Waals surface area contributed by atoms with Crippen molar-refractivity contribution in [1.29, 1.82) is 0 Å². The van der Waals surface area contributed by atoms with Crippen molar-refractivity contribution in [2.45, 2.75) is 59.0 Å². The van der Waals surface area contributed by atoms with Crippen LogP contribution in [0.3, 0.4) is 0 Å². The van der Waals surface area contributed by atoms with Crippen molar-refractivity contribution in [2.24, 2.45) is 11.7 Å². The minimum atomic E-state index is -0.156. The smallest absolute Gasteiger partial charge is 0.0571 e. The molecule has 0 fully saturated rings. The molecule has 2 heteroatoms. The van der Waals surface area contributed by atoms with Gasteiger partial charge in [-0.25, -0.2) is 0 Å². The van der Waals surface area contributed by atoms with Gasteiger partial charge < -0.3 is 10.8 Å². The number of hydrogen-bond acceptors (Lipinski definition) is 2. The van der Waals surface area contributed by atoms with E-state index in [1.165, 1.54) is 5.57 Å². The average Bonchev–Trinajstić information content (AvgIpc) is 2.26. The Balaban J connectivity index is 3.87. The lowest BCUT2D eigenvalue weighted by Gasteiger charge is -2.21. The molecule has 90 valence electrons. The zero-order valence-corrected chi connectivity index (χ0v) is 10.5. The molecule has 0 bridgehead atoms. The molecular formula is C13H27NO. The predicted molar refractivity (Wildman–Crippen MR) is 66.7 cm³/mol. The van der Waals surface area contributed by atoms with Crippen LogP contribution in [0.1, 0.15) is 52.9 Å². The van der Waals surface area contributed by atoms with E-state index in [2.05, 4.69) is 19.9 Å². The molecule has 0 unspecified atom stereocenters. The zero-order chi connectivity index (χ0) is 11.7. The molecule has 0 saturated heterocycles. The van der Waals surface area contributed by atoms with Gasteiger partial charge in [-0.1, -0.05) is 25.0 Å². The molecule has 15 heavy (non-hydrogen) atoms. The second kappa shape index (κ2) is 8.93. The molecule has 0 amide bonds. The van der Waals surface area contributed by atoms with Gasteiger partial charge in [-0.05, 0) is 52.0 Å². The lowest BCUT2D eigenvalue weighted by atomic mass is 9.90. The summed E-state index contributed by atoms with van der Waals surface area (Å²) in [5, 5.41) is 10.0. The highest BCUT2D eigenvalue weighted by molar-refractivity contribution is 4.95. The first-order chi connectivity index (χ1) is 7.15. The van der Waals surface area contributed by atoms with E-state index in [9.17, 15) is 5.11 Å². The van der Waals surface area contributed by atoms with Crippen molar-refractivity contribution in [1.82, 2.24) is 0 Å². The maximum atomic E-state index is 10.0. The largest absolute Gasteiger partial charge is 0.393 e. The van der Waals surface area contributed by atoms with E-state index in [4.69, 9.17) is 5.73 Å². The van der Waals surface area contributed by atoms with Crippen LogP contribution in [-0.4, -0.2) is 17.8 Å². The van der Waals surface area contributed by atoms with Crippen molar-refractivity contribution in [3.63, 3.8) is 0 Å². The molecule has 0 rings (SSSR count). The van der Waals surface area contributed by atoms with E-state index >= 15 is 0 Å². The van der Waals surface area contributed by atoms with Crippen LogP contribution >= 0.6 is 0 Å². The molecule has 0 aromatic rings. The molecule has 0 aromatic heterocycles. The van der Waals surface area contributed by atoms with Crippen LogP contribution in [0, 0.1) is 5.92 Å². The van der Waals surface area contributed by atoms with Gasteiger partial charge in [0, 0.05) is 0 Å². The van der Waals surface area contributed by atoms with Crippen LogP contribution in [0.5, 0.6) is 0 Å². The first-order valence-electron chi connectivity index (χ1n) is 6.15. The van der Waals surface area contributed by atoms with Crippen molar-refractivity contribution in [3.8, 4) is 0 Å². The minimum absolute atomic E-state index is 0.156. The summed E-state index contributed by atoms with van der Waals surface area (Å²) < 4.78 is 0. The van der Waals surface area contributed by atoms with E-state index in [1.807, 2.05) is 6.92 Å². The van der Waals surface area contributed by atoms with Crippen molar-refractivity contribution >= 4 is 0 Å². The van der Waals surface area contributed by atoms with Crippen molar-refractivity contribution in [2.75, 3.05) is 6.54 Å². The van der Waals surface area contributed by atoms with Gasteiger partial charge in [-0.15, -0.1) is 0 Å². The van der Waals surface area contributed by atoms with Crippen molar-refractivity contribution in [3.05, 3.63) is 11.6 Å². The van der Waals surface area contributed by atoms with Gasteiger partial charge in [-0.2, -0.15) is 0 Å². The first-order valence-corrected chi connectivity index (χ1v) is 6.15. The van der Waals surface area contributed by atoms with E-state index in [1.54, 1.807) is 0 Å². The fraction of sp³-hybridized carbons (Fsp3) is 0.846. The zero-order valence-electron chi connectivity index (χ0n) is 10.5. The predicted octanol–water partition coefficient (Wildman–Crippen LogP) is 2.86. The van der Waals surface area contributed by atoms with Crippen LogP contribution in [-0.2, 0) is 0 Å². The quantitative estimate of drug-likeness (QED) is 0.609. The van der Waals surface area contributed by atoms with Gasteiger partial charge in [0.1, 0.15) is 0 Å². The second-order valence-electron chi connectivity index (χ2n) is 4.34. The molecule has 0 radical (unpaired) electrons. The maximum absolute atomic E-state index is 10.0. The van der Waals surface area contributed by atoms with Gasteiger partial charge in [0.05, 0.1) is 6.10 Å². The molecule has 0 aliphatic heterocycles. The normalized spacial score (nSPS) is 16.5. The molecule has 0 aliphatic rings. The third-order valence-electron chi connectivity index (χ3n) is 3.17. The maximum Gasteiger partial charge on any atom is 0.0571 e. The Morgan fingerprint density at radius 3 is 2.53 bits per heavy atom. The van der Waals surface area contributed by atoms with Crippen molar-refractivity contribution < 1.29 is 5.11 Å². The lowest BCUT2D eigenvalue weighted by Crippen LogP contribution is -2.20. The second-order valence-corrected chi connectivity index (χ2v) is 4.34. The molecule has 3 N–H and O–H groups in total. The van der Waals surface area contributed by atoms with Gasteiger partial charge in [0.15, 0.2) is 0 Å². The molecule has 0 aromatic carbocycles. The van der Waals surface area contributed by atoms with Crippen LogP contribution in [0.25, 0.3) is 0 Å². The highest BCUT2D eigenvalue weighted by Gasteiger charge is 2.16. The Kier molecular flexibility index (Phi) is 8.73. The number of aliphatic hydroxyl groups excluding tert-OH is 1. The standard InChI is InChI=1S/C13H27NO/c1-4-11(3)8-9-13(15)12(5-2)7-6-10-14/h4,12-13,15H,5-10,14H2,1-3H3/b11-4+/t12-,13-/m1/s1. The summed E-state index contributed by atoms with van der Waals surface area (Å²) in [4.78, 5) is 0. The third kappa shape index (κ3) is 6.69. The minimum Gasteiger partial charge on any atom is -0.393 e. The summed E-state index contributed by atoms with van der Waals surface area (Å²) in [5.74, 6) is 0.429. The van der Waals surface area contributed by atoms with Gasteiger partial charge in [-0.3, -0.25) is 0 Å². The Labute approximate surface area is 94.6 Å². The number of rotatable bonds is 8. The van der Waals surface area contributed by atoms with Crippen LogP contribution < -0.4 is 5.73 Å². The summed E-state index contributed by atoms with van der Waals surface area (Å²) in [5.41, 5.74) is 6.85. The average molecular weight is 213 g/mol. The third-order valence-corrected chi connectivity index (χ3v) is 3.17. The summed E-state index contributed by atoms with van der Waals surface area (Å²) >= 11 is 0. The Bertz CT molecular complexity index is 177. The Morgan fingerprint density at radius 2 is 2.07 bits per heavy atom. The van der Waals surface area contributed by atoms with E-state index in [-0.39, 0.29) is 6.10 Å².